The number of aryl methyl sites for hydroxylation is 1. The summed E-state index contributed by atoms with van der Waals surface area (Å²) in [5, 5.41) is 20.5. The molecule has 0 spiro atoms. The molecule has 2 aromatic rings. The van der Waals surface area contributed by atoms with Gasteiger partial charge >= 0.3 is 0 Å². The Kier molecular flexibility index (Phi) is 3.56. The van der Waals surface area contributed by atoms with Crippen LogP contribution in [0.4, 0.5) is 0 Å². The first-order valence-electron chi connectivity index (χ1n) is 5.10. The van der Waals surface area contributed by atoms with E-state index in [-0.39, 0.29) is 11.5 Å². The average Bonchev–Trinajstić information content (AvgIpc) is 2.29. The minimum absolute atomic E-state index is 0.0406. The van der Waals surface area contributed by atoms with Crippen molar-refractivity contribution in [2.45, 2.75) is 20.8 Å². The molecule has 2 rings (SSSR count). The van der Waals surface area contributed by atoms with Gasteiger partial charge in [-0.25, -0.2) is 0 Å². The van der Waals surface area contributed by atoms with Gasteiger partial charge in [-0.05, 0) is 23.9 Å². The Morgan fingerprint density at radius 2 is 1.47 bits per heavy atom. The van der Waals surface area contributed by atoms with Gasteiger partial charge in [-0.2, -0.15) is 0 Å². The van der Waals surface area contributed by atoms with E-state index in [9.17, 15) is 10.2 Å². The number of aromatic hydroxyl groups is 2. The minimum Gasteiger partial charge on any atom is -0.504 e. The molecule has 0 heterocycles. The second-order valence-corrected chi connectivity index (χ2v) is 3.11. The maximum Gasteiger partial charge on any atom is 0.165 e. The summed E-state index contributed by atoms with van der Waals surface area (Å²) in [5.41, 5.74) is 0.964. The number of rotatable bonds is 0. The highest BCUT2D eigenvalue weighted by atomic mass is 16.3. The van der Waals surface area contributed by atoms with Crippen LogP contribution >= 0.6 is 0 Å². The third kappa shape index (κ3) is 2.04. The molecule has 2 aromatic carbocycles. The van der Waals surface area contributed by atoms with Crippen LogP contribution < -0.4 is 0 Å². The normalized spacial score (nSPS) is 9.53. The number of hydrogen-bond donors (Lipinski definition) is 2. The number of phenolic OH excluding ortho intramolecular Hbond substituents is 2. The molecule has 0 bridgehead atoms. The highest BCUT2D eigenvalue weighted by Gasteiger charge is 2.06. The Morgan fingerprint density at radius 3 is 2.07 bits per heavy atom. The molecular weight excluding hydrogens is 188 g/mol. The number of fused-ring (bicyclic) bond motifs is 1. The molecule has 0 aliphatic rings. The Labute approximate surface area is 89.8 Å². The van der Waals surface area contributed by atoms with Crippen molar-refractivity contribution in [1.82, 2.24) is 0 Å². The molecule has 0 aliphatic carbocycles. The van der Waals surface area contributed by atoms with Crippen molar-refractivity contribution >= 4 is 10.8 Å². The molecule has 0 fully saturated rings. The van der Waals surface area contributed by atoms with Gasteiger partial charge in [0, 0.05) is 5.39 Å². The first kappa shape index (κ1) is 11.4. The maximum absolute atomic E-state index is 9.53. The quantitative estimate of drug-likeness (QED) is 0.644. The molecule has 0 aliphatic heterocycles. The molecule has 0 saturated heterocycles. The standard InChI is InChI=1S/C11H10O2.C2H6/c1-7-6-10(12)11(13)9-5-3-2-4-8(7)9;1-2/h2-6,12-13H,1H3;1-2H3. The lowest BCUT2D eigenvalue weighted by atomic mass is 10.0. The van der Waals surface area contributed by atoms with Gasteiger partial charge in [-0.15, -0.1) is 0 Å². The van der Waals surface area contributed by atoms with Gasteiger partial charge < -0.3 is 10.2 Å². The van der Waals surface area contributed by atoms with Gasteiger partial charge in [-0.3, -0.25) is 0 Å². The van der Waals surface area contributed by atoms with Gasteiger partial charge in [0.1, 0.15) is 0 Å². The molecule has 0 amide bonds. The van der Waals surface area contributed by atoms with Crippen molar-refractivity contribution in [1.29, 1.82) is 0 Å². The second kappa shape index (κ2) is 4.69. The highest BCUT2D eigenvalue weighted by molar-refractivity contribution is 5.92. The van der Waals surface area contributed by atoms with Crippen LogP contribution in [0, 0.1) is 6.92 Å². The minimum atomic E-state index is -0.0591. The van der Waals surface area contributed by atoms with Gasteiger partial charge in [0.15, 0.2) is 11.5 Å². The van der Waals surface area contributed by atoms with Crippen LogP contribution in [-0.4, -0.2) is 10.2 Å². The van der Waals surface area contributed by atoms with Crippen molar-refractivity contribution in [3.05, 3.63) is 35.9 Å². The molecule has 0 unspecified atom stereocenters. The third-order valence-electron chi connectivity index (χ3n) is 2.20. The van der Waals surface area contributed by atoms with Crippen LogP contribution in [0.5, 0.6) is 11.5 Å². The average molecular weight is 204 g/mol. The van der Waals surface area contributed by atoms with E-state index in [0.717, 1.165) is 10.9 Å². The molecule has 0 radical (unpaired) electrons. The Hall–Kier alpha value is -1.70. The lowest BCUT2D eigenvalue weighted by Gasteiger charge is -2.05. The molecule has 0 atom stereocenters. The van der Waals surface area contributed by atoms with E-state index in [1.54, 1.807) is 12.1 Å². The maximum atomic E-state index is 9.53. The summed E-state index contributed by atoms with van der Waals surface area (Å²) in [6.45, 7) is 5.90. The van der Waals surface area contributed by atoms with E-state index in [4.69, 9.17) is 0 Å². The molecule has 15 heavy (non-hydrogen) atoms. The number of phenols is 2. The molecule has 80 valence electrons. The van der Waals surface area contributed by atoms with Gasteiger partial charge in [-0.1, -0.05) is 38.1 Å². The van der Waals surface area contributed by atoms with E-state index in [1.807, 2.05) is 39.0 Å². The van der Waals surface area contributed by atoms with E-state index in [1.165, 1.54) is 0 Å². The van der Waals surface area contributed by atoms with E-state index in [0.29, 0.717) is 5.39 Å². The monoisotopic (exact) mass is 204 g/mol. The Bertz CT molecular complexity index is 461. The molecule has 0 aromatic heterocycles. The summed E-state index contributed by atoms with van der Waals surface area (Å²) in [6.07, 6.45) is 0. The molecule has 2 nitrogen and oxygen atoms in total. The number of benzene rings is 2. The van der Waals surface area contributed by atoms with Crippen molar-refractivity contribution in [3.63, 3.8) is 0 Å². The second-order valence-electron chi connectivity index (χ2n) is 3.11. The lowest BCUT2D eigenvalue weighted by molar-refractivity contribution is 0.408. The summed E-state index contributed by atoms with van der Waals surface area (Å²) >= 11 is 0. The first-order chi connectivity index (χ1) is 7.20. The predicted molar refractivity (Wildman–Crippen MR) is 63.4 cm³/mol. The first-order valence-corrected chi connectivity index (χ1v) is 5.10. The van der Waals surface area contributed by atoms with E-state index >= 15 is 0 Å². The van der Waals surface area contributed by atoms with Gasteiger partial charge in [0.25, 0.3) is 0 Å². The highest BCUT2D eigenvalue weighted by Crippen LogP contribution is 2.35. The molecule has 0 saturated carbocycles. The fourth-order valence-corrected chi connectivity index (χ4v) is 1.52. The Balaban J connectivity index is 0.000000531. The smallest absolute Gasteiger partial charge is 0.165 e. The van der Waals surface area contributed by atoms with Crippen LogP contribution in [-0.2, 0) is 0 Å². The van der Waals surface area contributed by atoms with Crippen molar-refractivity contribution in [2.24, 2.45) is 0 Å². The predicted octanol–water partition coefficient (Wildman–Crippen LogP) is 3.59. The largest absolute Gasteiger partial charge is 0.504 e. The van der Waals surface area contributed by atoms with E-state index in [2.05, 4.69) is 0 Å². The summed E-state index contributed by atoms with van der Waals surface area (Å²) in [5.74, 6) is -0.0996. The molecule has 2 heteroatoms. The third-order valence-corrected chi connectivity index (χ3v) is 2.20. The van der Waals surface area contributed by atoms with Crippen molar-refractivity contribution in [3.8, 4) is 11.5 Å². The van der Waals surface area contributed by atoms with Gasteiger partial charge in [0.2, 0.25) is 0 Å². The Morgan fingerprint density at radius 1 is 0.933 bits per heavy atom. The lowest BCUT2D eigenvalue weighted by Crippen LogP contribution is -1.79. The zero-order chi connectivity index (χ0) is 11.4. The van der Waals surface area contributed by atoms with Crippen molar-refractivity contribution in [2.75, 3.05) is 0 Å². The zero-order valence-corrected chi connectivity index (χ0v) is 9.28. The van der Waals surface area contributed by atoms with Crippen LogP contribution in [0.3, 0.4) is 0 Å². The number of hydrogen-bond acceptors (Lipinski definition) is 2. The fraction of sp³-hybridized carbons (Fsp3) is 0.231. The van der Waals surface area contributed by atoms with Crippen LogP contribution in [0.15, 0.2) is 30.3 Å². The summed E-state index contributed by atoms with van der Waals surface area (Å²) in [6, 6.07) is 9.02. The van der Waals surface area contributed by atoms with E-state index < -0.39 is 0 Å². The topological polar surface area (TPSA) is 40.5 Å². The summed E-state index contributed by atoms with van der Waals surface area (Å²) in [7, 11) is 0. The van der Waals surface area contributed by atoms with Crippen LogP contribution in [0.2, 0.25) is 0 Å². The van der Waals surface area contributed by atoms with Crippen LogP contribution in [0.1, 0.15) is 19.4 Å². The van der Waals surface area contributed by atoms with Gasteiger partial charge in [0.05, 0.1) is 0 Å². The summed E-state index contributed by atoms with van der Waals surface area (Å²) < 4.78 is 0. The van der Waals surface area contributed by atoms with Crippen LogP contribution in [0.25, 0.3) is 10.8 Å². The fourth-order valence-electron chi connectivity index (χ4n) is 1.52. The molecule has 2 N–H and O–H groups in total. The molecular formula is C13H16O2. The van der Waals surface area contributed by atoms with Crippen molar-refractivity contribution < 1.29 is 10.2 Å². The summed E-state index contributed by atoms with van der Waals surface area (Å²) in [4.78, 5) is 0. The SMILES string of the molecule is CC.Cc1cc(O)c(O)c2ccccc12. The zero-order valence-electron chi connectivity index (χ0n) is 9.28.